The molecule has 0 aliphatic carbocycles. The van der Waals surface area contributed by atoms with Crippen LogP contribution in [0.25, 0.3) is 0 Å². The Balaban J connectivity index is 1.53. The molecule has 2 aromatic heterocycles. The van der Waals surface area contributed by atoms with Gasteiger partial charge in [-0.05, 0) is 40.2 Å². The second-order valence-electron chi connectivity index (χ2n) is 6.81. The second kappa shape index (κ2) is 6.29. The third-order valence-corrected chi connectivity index (χ3v) is 5.53. The van der Waals surface area contributed by atoms with Crippen molar-refractivity contribution in [1.82, 2.24) is 14.8 Å². The average molecular weight is 384 g/mol. The lowest BCUT2D eigenvalue weighted by Gasteiger charge is -2.42. The highest BCUT2D eigenvalue weighted by Crippen LogP contribution is 2.34. The molecule has 2 N–H and O–H groups in total. The van der Waals surface area contributed by atoms with Gasteiger partial charge in [-0.3, -0.25) is 4.68 Å². The van der Waals surface area contributed by atoms with Crippen molar-refractivity contribution in [2.24, 2.45) is 17.1 Å². The fraction of sp³-hybridized carbons (Fsp3) is 0.600. The summed E-state index contributed by atoms with van der Waals surface area (Å²) in [6, 6.07) is 0. The quantitative estimate of drug-likeness (QED) is 0.832. The number of hydrogen-bond donors (Lipinski definition) is 1. The van der Waals surface area contributed by atoms with Gasteiger partial charge in [0.15, 0.2) is 5.13 Å². The van der Waals surface area contributed by atoms with Crippen LogP contribution in [0, 0.1) is 11.3 Å². The van der Waals surface area contributed by atoms with Crippen LogP contribution in [0.3, 0.4) is 0 Å². The molecule has 1 saturated heterocycles. The van der Waals surface area contributed by atoms with Crippen LogP contribution in [0.5, 0.6) is 0 Å². The molecule has 0 amide bonds. The van der Waals surface area contributed by atoms with Crippen molar-refractivity contribution >= 4 is 32.4 Å². The maximum Gasteiger partial charge on any atom is 0.185 e. The molecule has 3 heterocycles. The molecule has 0 bridgehead atoms. The van der Waals surface area contributed by atoms with E-state index in [1.54, 1.807) is 17.5 Å². The lowest BCUT2D eigenvalue weighted by molar-refractivity contribution is 0.242. The summed E-state index contributed by atoms with van der Waals surface area (Å²) in [5, 5.41) is 5.41. The Morgan fingerprint density at radius 1 is 1.41 bits per heavy atom. The van der Waals surface area contributed by atoms with Crippen molar-refractivity contribution in [2.45, 2.75) is 26.8 Å². The molecule has 0 unspecified atom stereocenters. The van der Waals surface area contributed by atoms with Crippen LogP contribution in [-0.4, -0.2) is 34.4 Å². The van der Waals surface area contributed by atoms with E-state index in [4.69, 9.17) is 5.73 Å². The van der Waals surface area contributed by atoms with E-state index in [0.29, 0.717) is 0 Å². The van der Waals surface area contributed by atoms with Crippen LogP contribution < -0.4 is 10.6 Å². The van der Waals surface area contributed by atoms with E-state index in [-0.39, 0.29) is 5.41 Å². The zero-order chi connectivity index (χ0) is 15.7. The molecule has 1 aliphatic rings. The first-order valence-corrected chi connectivity index (χ1v) is 9.14. The maximum atomic E-state index is 5.82. The summed E-state index contributed by atoms with van der Waals surface area (Å²) < 4.78 is 2.93. The molecule has 1 aliphatic heterocycles. The zero-order valence-electron chi connectivity index (χ0n) is 13.0. The van der Waals surface area contributed by atoms with Gasteiger partial charge in [0.25, 0.3) is 0 Å². The van der Waals surface area contributed by atoms with Crippen LogP contribution in [0.4, 0.5) is 5.13 Å². The normalized spacial score (nSPS) is 16.1. The lowest BCUT2D eigenvalue weighted by atomic mass is 9.80. The fourth-order valence-corrected chi connectivity index (χ4v) is 4.07. The summed E-state index contributed by atoms with van der Waals surface area (Å²) in [7, 11) is 0. The van der Waals surface area contributed by atoms with Gasteiger partial charge < -0.3 is 10.6 Å². The fourth-order valence-electron chi connectivity index (χ4n) is 2.82. The molecular formula is C15H22BrN5S. The summed E-state index contributed by atoms with van der Waals surface area (Å²) >= 11 is 5.18. The standard InChI is InChI=1S/C15H22BrN5S/c1-15(2,10-17)3-11-6-20(7-11)14-18-5-13(22-14)9-21-8-12(16)4-19-21/h4-5,8,11H,3,6-7,9-10,17H2,1-2H3. The number of hydrogen-bond acceptors (Lipinski definition) is 5. The summed E-state index contributed by atoms with van der Waals surface area (Å²) in [6.45, 7) is 8.23. The van der Waals surface area contributed by atoms with Crippen LogP contribution in [-0.2, 0) is 6.54 Å². The van der Waals surface area contributed by atoms with E-state index in [9.17, 15) is 0 Å². The Kier molecular flexibility index (Phi) is 4.56. The van der Waals surface area contributed by atoms with E-state index in [1.165, 1.54) is 11.3 Å². The Bertz CT molecular complexity index is 629. The number of aromatic nitrogens is 3. The lowest BCUT2D eigenvalue weighted by Crippen LogP contribution is -2.49. The van der Waals surface area contributed by atoms with E-state index in [1.807, 2.05) is 17.1 Å². The zero-order valence-corrected chi connectivity index (χ0v) is 15.4. The molecule has 0 spiro atoms. The Morgan fingerprint density at radius 3 is 2.82 bits per heavy atom. The highest BCUT2D eigenvalue weighted by atomic mass is 79.9. The summed E-state index contributed by atoms with van der Waals surface area (Å²) in [5.74, 6) is 0.743. The molecule has 120 valence electrons. The topological polar surface area (TPSA) is 60.0 Å². The average Bonchev–Trinajstić information content (AvgIpc) is 3.03. The van der Waals surface area contributed by atoms with Gasteiger partial charge in [0.05, 0.1) is 17.2 Å². The first kappa shape index (κ1) is 16.0. The van der Waals surface area contributed by atoms with Gasteiger partial charge in [-0.15, -0.1) is 0 Å². The largest absolute Gasteiger partial charge is 0.347 e. The maximum absolute atomic E-state index is 5.82. The summed E-state index contributed by atoms with van der Waals surface area (Å²) in [4.78, 5) is 8.16. The number of halogens is 1. The van der Waals surface area contributed by atoms with Gasteiger partial charge in [-0.1, -0.05) is 25.2 Å². The van der Waals surface area contributed by atoms with Crippen molar-refractivity contribution in [2.75, 3.05) is 24.5 Å². The Hall–Kier alpha value is -0.920. The molecule has 7 heteroatoms. The van der Waals surface area contributed by atoms with E-state index in [2.05, 4.69) is 44.8 Å². The minimum absolute atomic E-state index is 0.248. The van der Waals surface area contributed by atoms with Crippen LogP contribution in [0.1, 0.15) is 25.1 Å². The minimum Gasteiger partial charge on any atom is -0.347 e. The van der Waals surface area contributed by atoms with Crippen molar-refractivity contribution in [3.05, 3.63) is 27.9 Å². The summed E-state index contributed by atoms with van der Waals surface area (Å²) in [6.07, 6.45) is 6.95. The van der Waals surface area contributed by atoms with Crippen LogP contribution >= 0.6 is 27.3 Å². The molecule has 5 nitrogen and oxygen atoms in total. The predicted molar refractivity (Wildman–Crippen MR) is 94.3 cm³/mol. The van der Waals surface area contributed by atoms with E-state index >= 15 is 0 Å². The number of anilines is 1. The highest BCUT2D eigenvalue weighted by Gasteiger charge is 2.33. The first-order valence-electron chi connectivity index (χ1n) is 7.53. The summed E-state index contributed by atoms with van der Waals surface area (Å²) in [5.41, 5.74) is 6.07. The van der Waals surface area contributed by atoms with Crippen LogP contribution in [0.15, 0.2) is 23.1 Å². The van der Waals surface area contributed by atoms with Gasteiger partial charge in [0, 0.05) is 30.4 Å². The molecule has 0 radical (unpaired) electrons. The number of nitrogens with two attached hydrogens (primary N) is 1. The molecule has 1 fully saturated rings. The van der Waals surface area contributed by atoms with E-state index in [0.717, 1.165) is 41.7 Å². The van der Waals surface area contributed by atoms with Gasteiger partial charge in [-0.25, -0.2) is 4.98 Å². The van der Waals surface area contributed by atoms with Gasteiger partial charge in [-0.2, -0.15) is 5.10 Å². The van der Waals surface area contributed by atoms with Crippen molar-refractivity contribution in [3.63, 3.8) is 0 Å². The number of nitrogens with zero attached hydrogens (tertiary/aromatic N) is 4. The Labute approximate surface area is 143 Å². The number of rotatable bonds is 6. The minimum atomic E-state index is 0.248. The van der Waals surface area contributed by atoms with Crippen molar-refractivity contribution in [3.8, 4) is 0 Å². The molecule has 0 saturated carbocycles. The van der Waals surface area contributed by atoms with Gasteiger partial charge in [0.1, 0.15) is 0 Å². The highest BCUT2D eigenvalue weighted by molar-refractivity contribution is 9.10. The third kappa shape index (κ3) is 3.70. The molecule has 22 heavy (non-hydrogen) atoms. The third-order valence-electron chi connectivity index (χ3n) is 4.08. The smallest absolute Gasteiger partial charge is 0.185 e. The van der Waals surface area contributed by atoms with Crippen LogP contribution in [0.2, 0.25) is 0 Å². The molecule has 0 aromatic carbocycles. The predicted octanol–water partition coefficient (Wildman–Crippen LogP) is 2.96. The SMILES string of the molecule is CC(C)(CN)CC1CN(c2ncc(Cn3cc(Br)cn3)s2)C1. The second-order valence-corrected chi connectivity index (χ2v) is 8.82. The van der Waals surface area contributed by atoms with Gasteiger partial charge in [0.2, 0.25) is 0 Å². The monoisotopic (exact) mass is 383 g/mol. The molecule has 2 aromatic rings. The van der Waals surface area contributed by atoms with E-state index < -0.39 is 0 Å². The van der Waals surface area contributed by atoms with Crippen molar-refractivity contribution < 1.29 is 0 Å². The first-order chi connectivity index (χ1) is 10.4. The van der Waals surface area contributed by atoms with Crippen molar-refractivity contribution in [1.29, 1.82) is 0 Å². The molecule has 0 atom stereocenters. The molecular weight excluding hydrogens is 362 g/mol. The Morgan fingerprint density at radius 2 is 2.18 bits per heavy atom. The molecule has 3 rings (SSSR count). The number of thiazole rings is 1. The van der Waals surface area contributed by atoms with Gasteiger partial charge >= 0.3 is 0 Å².